The Morgan fingerprint density at radius 3 is 2.50 bits per heavy atom. The zero-order valence-electron chi connectivity index (χ0n) is 25.6. The minimum absolute atomic E-state index is 0.293. The molecule has 12 nitrogen and oxygen atoms in total. The Labute approximate surface area is 258 Å². The number of para-hydroxylation sites is 1. The Kier molecular flexibility index (Phi) is 10.2. The average Bonchev–Trinajstić information content (AvgIpc) is 3.75. The number of amides is 1. The first-order valence-corrected chi connectivity index (χ1v) is 15.9. The molecule has 1 aliphatic rings. The van der Waals surface area contributed by atoms with E-state index in [2.05, 4.69) is 67.0 Å². The summed E-state index contributed by atoms with van der Waals surface area (Å²) in [6.45, 7) is 5.21. The average molecular weight is 622 g/mol. The van der Waals surface area contributed by atoms with Crippen molar-refractivity contribution in [2.24, 2.45) is 0 Å². The lowest BCUT2D eigenvalue weighted by atomic mass is 10.1. The number of rotatable bonds is 11. The number of hydrogen-bond acceptors (Lipinski definition) is 9. The lowest BCUT2D eigenvalue weighted by Gasteiger charge is -2.26. The molecule has 5 rings (SSSR count). The van der Waals surface area contributed by atoms with Gasteiger partial charge in [-0.2, -0.15) is 8.42 Å². The number of anilines is 4. The zero-order valence-corrected chi connectivity index (χ0v) is 26.4. The van der Waals surface area contributed by atoms with Crippen molar-refractivity contribution in [3.05, 3.63) is 67.5 Å². The molecular formula is C31H39N7O5S. The maximum atomic E-state index is 12.3. The Hall–Kier alpha value is -4.46. The molecule has 0 bridgehead atoms. The number of ether oxygens (including phenoxy) is 1. The Morgan fingerprint density at radius 2 is 1.86 bits per heavy atom. The third-order valence-electron chi connectivity index (χ3n) is 6.91. The van der Waals surface area contributed by atoms with E-state index in [4.69, 9.17) is 14.3 Å². The van der Waals surface area contributed by atoms with Gasteiger partial charge in [-0.3, -0.25) is 9.35 Å². The SMILES string of the molecule is C=CC(=O)Nc1cc(Nc2nccc(-c3cn(C4CC4)c4ccccc34)n2)c(OC)cc1N(C)CCN(C)C.CS(=O)(=O)O. The van der Waals surface area contributed by atoms with Crippen LogP contribution in [0.15, 0.2) is 67.5 Å². The van der Waals surface area contributed by atoms with E-state index in [1.165, 1.54) is 29.8 Å². The van der Waals surface area contributed by atoms with Crippen molar-refractivity contribution >= 4 is 49.9 Å². The molecule has 0 radical (unpaired) electrons. The highest BCUT2D eigenvalue weighted by atomic mass is 32.2. The van der Waals surface area contributed by atoms with Gasteiger partial charge in [-0.25, -0.2) is 9.97 Å². The lowest BCUT2D eigenvalue weighted by molar-refractivity contribution is -0.111. The molecule has 1 saturated carbocycles. The number of fused-ring (bicyclic) bond motifs is 1. The van der Waals surface area contributed by atoms with E-state index in [9.17, 15) is 13.2 Å². The summed E-state index contributed by atoms with van der Waals surface area (Å²) in [5, 5.41) is 7.42. The second-order valence-electron chi connectivity index (χ2n) is 10.8. The Balaban J connectivity index is 0.000000818. The fraction of sp³-hybridized carbons (Fsp3) is 0.323. The molecule has 1 fully saturated rings. The molecule has 2 aromatic heterocycles. The molecule has 3 N–H and O–H groups in total. The normalized spacial score (nSPS) is 12.8. The number of aromatic nitrogens is 3. The van der Waals surface area contributed by atoms with E-state index in [1.54, 1.807) is 13.3 Å². The van der Waals surface area contributed by atoms with E-state index in [0.717, 1.165) is 30.0 Å². The number of hydrogen-bond donors (Lipinski definition) is 3. The van der Waals surface area contributed by atoms with Crippen LogP contribution in [0, 0.1) is 0 Å². The number of benzene rings is 2. The van der Waals surface area contributed by atoms with Crippen LogP contribution in [0.5, 0.6) is 5.75 Å². The minimum Gasteiger partial charge on any atom is -0.494 e. The first-order chi connectivity index (χ1) is 20.9. The van der Waals surface area contributed by atoms with E-state index in [0.29, 0.717) is 35.4 Å². The van der Waals surface area contributed by atoms with Crippen LogP contribution in [0.2, 0.25) is 0 Å². The van der Waals surface area contributed by atoms with Crippen molar-refractivity contribution < 1.29 is 22.5 Å². The van der Waals surface area contributed by atoms with Crippen molar-refractivity contribution in [2.75, 3.05) is 63.1 Å². The monoisotopic (exact) mass is 621 g/mol. The molecular weight excluding hydrogens is 582 g/mol. The summed E-state index contributed by atoms with van der Waals surface area (Å²) in [6.07, 6.45) is 8.35. The van der Waals surface area contributed by atoms with Gasteiger partial charge in [0.2, 0.25) is 11.9 Å². The third kappa shape index (κ3) is 8.56. The predicted octanol–water partition coefficient (Wildman–Crippen LogP) is 4.81. The van der Waals surface area contributed by atoms with Crippen LogP contribution in [0.25, 0.3) is 22.2 Å². The van der Waals surface area contributed by atoms with Crippen molar-refractivity contribution in [2.45, 2.75) is 18.9 Å². The topological polar surface area (TPSA) is 142 Å². The van der Waals surface area contributed by atoms with Crippen LogP contribution in [-0.4, -0.2) is 85.9 Å². The van der Waals surface area contributed by atoms with Crippen LogP contribution < -0.4 is 20.3 Å². The van der Waals surface area contributed by atoms with Gasteiger partial charge < -0.3 is 29.7 Å². The molecule has 1 aliphatic carbocycles. The summed E-state index contributed by atoms with van der Waals surface area (Å²) in [4.78, 5) is 25.8. The molecule has 2 heterocycles. The summed E-state index contributed by atoms with van der Waals surface area (Å²) in [5.74, 6) is 0.750. The Morgan fingerprint density at radius 1 is 1.16 bits per heavy atom. The van der Waals surface area contributed by atoms with Gasteiger partial charge in [0.25, 0.3) is 10.1 Å². The second kappa shape index (κ2) is 13.9. The van der Waals surface area contributed by atoms with Crippen molar-refractivity contribution in [1.82, 2.24) is 19.4 Å². The van der Waals surface area contributed by atoms with Crippen LogP contribution in [0.1, 0.15) is 18.9 Å². The van der Waals surface area contributed by atoms with Crippen molar-refractivity contribution in [3.63, 3.8) is 0 Å². The maximum absolute atomic E-state index is 12.3. The fourth-order valence-corrected chi connectivity index (χ4v) is 4.66. The highest BCUT2D eigenvalue weighted by Gasteiger charge is 2.26. The molecule has 44 heavy (non-hydrogen) atoms. The van der Waals surface area contributed by atoms with Gasteiger partial charge >= 0.3 is 0 Å². The van der Waals surface area contributed by atoms with Crippen LogP contribution in [0.4, 0.5) is 23.0 Å². The lowest BCUT2D eigenvalue weighted by Crippen LogP contribution is -2.29. The number of nitrogens with zero attached hydrogens (tertiary/aromatic N) is 5. The summed E-state index contributed by atoms with van der Waals surface area (Å²) >= 11 is 0. The first-order valence-electron chi connectivity index (χ1n) is 14.0. The van der Waals surface area contributed by atoms with Crippen molar-refractivity contribution in [3.8, 4) is 17.0 Å². The maximum Gasteiger partial charge on any atom is 0.261 e. The molecule has 0 aliphatic heterocycles. The van der Waals surface area contributed by atoms with Gasteiger partial charge in [-0.1, -0.05) is 24.8 Å². The van der Waals surface area contributed by atoms with Gasteiger partial charge in [0.15, 0.2) is 0 Å². The molecule has 1 amide bonds. The summed E-state index contributed by atoms with van der Waals surface area (Å²) in [5.41, 5.74) is 5.24. The summed E-state index contributed by atoms with van der Waals surface area (Å²) < 4.78 is 34.0. The van der Waals surface area contributed by atoms with E-state index in [1.807, 2.05) is 39.3 Å². The van der Waals surface area contributed by atoms with Crippen molar-refractivity contribution in [1.29, 1.82) is 0 Å². The molecule has 0 unspecified atom stereocenters. The smallest absolute Gasteiger partial charge is 0.261 e. The number of likely N-dealkylation sites (N-methyl/N-ethyl adjacent to an activating group) is 2. The number of carbonyl (C=O) groups is 1. The van der Waals surface area contributed by atoms with Gasteiger partial charge in [0, 0.05) is 61.1 Å². The zero-order chi connectivity index (χ0) is 32.0. The molecule has 234 valence electrons. The van der Waals surface area contributed by atoms with Crippen LogP contribution >= 0.6 is 0 Å². The van der Waals surface area contributed by atoms with E-state index >= 15 is 0 Å². The molecule has 0 atom stereocenters. The third-order valence-corrected chi connectivity index (χ3v) is 6.91. The number of methoxy groups -OCH3 is 1. The molecule has 2 aromatic carbocycles. The summed E-state index contributed by atoms with van der Waals surface area (Å²) in [7, 11) is 4.00. The fourth-order valence-electron chi connectivity index (χ4n) is 4.66. The van der Waals surface area contributed by atoms with E-state index < -0.39 is 10.1 Å². The van der Waals surface area contributed by atoms with Gasteiger partial charge in [-0.05, 0) is 51.2 Å². The standard InChI is InChI=1S/C30H35N7O2.CH4O3S/c1-6-29(38)32-24-17-25(28(39-5)18-27(24)36(4)16-15-35(2)3)34-30-31-14-13-23(33-30)22-19-37(20-11-12-20)26-10-8-7-9-21(22)26;1-5(2,3)4/h6-10,13-14,17-20H,1,11-12,15-16H2,2-5H3,(H,32,38)(H,31,33,34);1H3,(H,2,3,4). The van der Waals surface area contributed by atoms with Gasteiger partial charge in [-0.15, -0.1) is 0 Å². The largest absolute Gasteiger partial charge is 0.494 e. The van der Waals surface area contributed by atoms with Gasteiger partial charge in [0.1, 0.15) is 5.75 Å². The van der Waals surface area contributed by atoms with Crippen LogP contribution in [0.3, 0.4) is 0 Å². The molecule has 13 heteroatoms. The highest BCUT2D eigenvalue weighted by molar-refractivity contribution is 7.85. The number of nitrogens with one attached hydrogen (secondary N) is 2. The minimum atomic E-state index is -3.67. The van der Waals surface area contributed by atoms with E-state index in [-0.39, 0.29) is 5.91 Å². The molecule has 0 spiro atoms. The van der Waals surface area contributed by atoms with Gasteiger partial charge in [0.05, 0.1) is 36.1 Å². The molecule has 0 saturated heterocycles. The Bertz CT molecular complexity index is 1740. The number of carbonyl (C=O) groups excluding carboxylic acids is 1. The summed E-state index contributed by atoms with van der Waals surface area (Å²) in [6, 6.07) is 14.7. The highest BCUT2D eigenvalue weighted by Crippen LogP contribution is 2.41. The quantitative estimate of drug-likeness (QED) is 0.158. The second-order valence-corrected chi connectivity index (χ2v) is 12.3. The predicted molar refractivity (Wildman–Crippen MR) is 176 cm³/mol. The van der Waals surface area contributed by atoms with Crippen LogP contribution in [-0.2, 0) is 14.9 Å². The molecule has 4 aromatic rings. The first kappa shape index (κ1) is 32.5.